The molecular weight excluding hydrogens is 188 g/mol. The SMILES string of the molecule is FC(F)[C@H]1C[C@@H]1NC1CCCOCC1. The van der Waals surface area contributed by atoms with Gasteiger partial charge < -0.3 is 10.1 Å². The first-order valence-corrected chi connectivity index (χ1v) is 5.39. The van der Waals surface area contributed by atoms with Gasteiger partial charge >= 0.3 is 0 Å². The zero-order valence-electron chi connectivity index (χ0n) is 8.22. The molecule has 2 aliphatic rings. The van der Waals surface area contributed by atoms with Crippen molar-refractivity contribution in [3.05, 3.63) is 0 Å². The standard InChI is InChI=1S/C10H17F2NO/c11-10(12)8-6-9(8)13-7-2-1-4-14-5-3-7/h7-10,13H,1-6H2/t7?,8-,9-/m0/s1. The highest BCUT2D eigenvalue weighted by Gasteiger charge is 2.44. The Morgan fingerprint density at radius 2 is 2.07 bits per heavy atom. The minimum absolute atomic E-state index is 0.0677. The van der Waals surface area contributed by atoms with Gasteiger partial charge in [0.05, 0.1) is 0 Å². The third-order valence-electron chi connectivity index (χ3n) is 3.07. The van der Waals surface area contributed by atoms with Crippen LogP contribution in [0.5, 0.6) is 0 Å². The summed E-state index contributed by atoms with van der Waals surface area (Å²) in [7, 11) is 0. The number of ether oxygens (including phenoxy) is 1. The third-order valence-corrected chi connectivity index (χ3v) is 3.07. The number of rotatable bonds is 3. The second-order valence-corrected chi connectivity index (χ2v) is 4.25. The summed E-state index contributed by atoms with van der Waals surface area (Å²) in [6.07, 6.45) is 1.58. The lowest BCUT2D eigenvalue weighted by Gasteiger charge is -2.15. The van der Waals surface area contributed by atoms with E-state index in [9.17, 15) is 8.78 Å². The van der Waals surface area contributed by atoms with E-state index in [1.807, 2.05) is 0 Å². The van der Waals surface area contributed by atoms with Crippen molar-refractivity contribution in [3.8, 4) is 0 Å². The van der Waals surface area contributed by atoms with Crippen LogP contribution in [-0.4, -0.2) is 31.7 Å². The lowest BCUT2D eigenvalue weighted by atomic mass is 10.1. The smallest absolute Gasteiger partial charge is 0.242 e. The Morgan fingerprint density at radius 3 is 2.79 bits per heavy atom. The summed E-state index contributed by atoms with van der Waals surface area (Å²) < 4.78 is 29.8. The normalized spacial score (nSPS) is 38.4. The Bertz CT molecular complexity index is 181. The van der Waals surface area contributed by atoms with Crippen LogP contribution < -0.4 is 5.32 Å². The maximum atomic E-state index is 12.2. The summed E-state index contributed by atoms with van der Waals surface area (Å²) in [5, 5.41) is 3.30. The van der Waals surface area contributed by atoms with Crippen LogP contribution in [0.3, 0.4) is 0 Å². The molecule has 2 rings (SSSR count). The maximum Gasteiger partial charge on any atom is 0.242 e. The van der Waals surface area contributed by atoms with Gasteiger partial charge in [-0.25, -0.2) is 8.78 Å². The van der Waals surface area contributed by atoms with Crippen LogP contribution in [0.25, 0.3) is 0 Å². The molecule has 1 saturated carbocycles. The van der Waals surface area contributed by atoms with Gasteiger partial charge in [0.15, 0.2) is 0 Å². The lowest BCUT2D eigenvalue weighted by Crippen LogP contribution is -2.32. The highest BCUT2D eigenvalue weighted by molar-refractivity contribution is 4.96. The molecule has 1 aliphatic carbocycles. The van der Waals surface area contributed by atoms with Gasteiger partial charge in [0.2, 0.25) is 6.43 Å². The Morgan fingerprint density at radius 1 is 1.21 bits per heavy atom. The Hall–Kier alpha value is -0.220. The molecule has 0 aromatic rings. The van der Waals surface area contributed by atoms with E-state index in [0.717, 1.165) is 32.5 Å². The molecule has 2 fully saturated rings. The van der Waals surface area contributed by atoms with Crippen LogP contribution in [0.2, 0.25) is 0 Å². The van der Waals surface area contributed by atoms with Gasteiger partial charge in [0.25, 0.3) is 0 Å². The highest BCUT2D eigenvalue weighted by Crippen LogP contribution is 2.36. The first-order chi connectivity index (χ1) is 6.77. The summed E-state index contributed by atoms with van der Waals surface area (Å²) >= 11 is 0. The van der Waals surface area contributed by atoms with Gasteiger partial charge in [-0.05, 0) is 25.7 Å². The zero-order valence-corrected chi connectivity index (χ0v) is 8.22. The molecule has 0 amide bonds. The van der Waals surface area contributed by atoms with Gasteiger partial charge in [-0.2, -0.15) is 0 Å². The number of hydrogen-bond donors (Lipinski definition) is 1. The third kappa shape index (κ3) is 2.64. The van der Waals surface area contributed by atoms with Crippen LogP contribution in [-0.2, 0) is 4.74 Å². The first-order valence-electron chi connectivity index (χ1n) is 5.39. The molecule has 82 valence electrons. The maximum absolute atomic E-state index is 12.2. The fourth-order valence-electron chi connectivity index (χ4n) is 2.06. The molecule has 0 radical (unpaired) electrons. The van der Waals surface area contributed by atoms with Gasteiger partial charge in [-0.15, -0.1) is 0 Å². The van der Waals surface area contributed by atoms with Crippen molar-refractivity contribution in [2.75, 3.05) is 13.2 Å². The second kappa shape index (κ2) is 4.53. The Labute approximate surface area is 83.0 Å². The average molecular weight is 205 g/mol. The van der Waals surface area contributed by atoms with Crippen LogP contribution in [0.1, 0.15) is 25.7 Å². The van der Waals surface area contributed by atoms with Crippen molar-refractivity contribution in [2.45, 2.75) is 44.2 Å². The van der Waals surface area contributed by atoms with Gasteiger partial charge in [-0.3, -0.25) is 0 Å². The van der Waals surface area contributed by atoms with Crippen LogP contribution in [0.15, 0.2) is 0 Å². The van der Waals surface area contributed by atoms with E-state index in [1.54, 1.807) is 0 Å². The molecule has 1 saturated heterocycles. The van der Waals surface area contributed by atoms with E-state index in [0.29, 0.717) is 12.5 Å². The van der Waals surface area contributed by atoms with Crippen LogP contribution >= 0.6 is 0 Å². The van der Waals surface area contributed by atoms with Crippen molar-refractivity contribution in [2.24, 2.45) is 5.92 Å². The van der Waals surface area contributed by atoms with Crippen molar-refractivity contribution < 1.29 is 13.5 Å². The molecule has 1 unspecified atom stereocenters. The van der Waals surface area contributed by atoms with Crippen molar-refractivity contribution in [3.63, 3.8) is 0 Å². The predicted octanol–water partition coefficient (Wildman–Crippen LogP) is 1.80. The molecule has 0 aromatic heterocycles. The van der Waals surface area contributed by atoms with Crippen LogP contribution in [0, 0.1) is 5.92 Å². The summed E-state index contributed by atoms with van der Waals surface area (Å²) in [5.41, 5.74) is 0. The molecule has 1 heterocycles. The number of nitrogens with one attached hydrogen (secondary N) is 1. The van der Waals surface area contributed by atoms with E-state index in [2.05, 4.69) is 5.32 Å². The van der Waals surface area contributed by atoms with Crippen LogP contribution in [0.4, 0.5) is 8.78 Å². The molecule has 14 heavy (non-hydrogen) atoms. The zero-order chi connectivity index (χ0) is 9.97. The fourth-order valence-corrected chi connectivity index (χ4v) is 2.06. The molecule has 0 bridgehead atoms. The molecule has 1 aliphatic heterocycles. The van der Waals surface area contributed by atoms with Gasteiger partial charge in [0, 0.05) is 31.2 Å². The highest BCUT2D eigenvalue weighted by atomic mass is 19.3. The Balaban J connectivity index is 1.70. The topological polar surface area (TPSA) is 21.3 Å². The van der Waals surface area contributed by atoms with Crippen molar-refractivity contribution >= 4 is 0 Å². The number of alkyl halides is 2. The van der Waals surface area contributed by atoms with E-state index >= 15 is 0 Å². The molecule has 0 aromatic carbocycles. The van der Waals surface area contributed by atoms with E-state index in [4.69, 9.17) is 4.74 Å². The molecule has 0 spiro atoms. The van der Waals surface area contributed by atoms with Gasteiger partial charge in [0.1, 0.15) is 0 Å². The van der Waals surface area contributed by atoms with E-state index in [-0.39, 0.29) is 12.0 Å². The molecule has 2 nitrogen and oxygen atoms in total. The average Bonchev–Trinajstić information content (AvgIpc) is 2.90. The largest absolute Gasteiger partial charge is 0.381 e. The van der Waals surface area contributed by atoms with Gasteiger partial charge in [-0.1, -0.05) is 0 Å². The van der Waals surface area contributed by atoms with Crippen molar-refractivity contribution in [1.29, 1.82) is 0 Å². The first kappa shape index (κ1) is 10.3. The van der Waals surface area contributed by atoms with E-state index < -0.39 is 6.43 Å². The monoisotopic (exact) mass is 205 g/mol. The quantitative estimate of drug-likeness (QED) is 0.758. The summed E-state index contributed by atoms with van der Waals surface area (Å²) in [6, 6.07) is 0.462. The number of halogens is 2. The Kier molecular flexibility index (Phi) is 3.34. The molecule has 3 atom stereocenters. The summed E-state index contributed by atoms with van der Waals surface area (Å²) in [5.74, 6) is -0.390. The molecule has 4 heteroatoms. The molecule has 1 N–H and O–H groups in total. The molecular formula is C10H17F2NO. The minimum atomic E-state index is -2.14. The van der Waals surface area contributed by atoms with E-state index in [1.165, 1.54) is 0 Å². The summed E-state index contributed by atoms with van der Waals surface area (Å²) in [6.45, 7) is 1.59. The second-order valence-electron chi connectivity index (χ2n) is 4.25. The fraction of sp³-hybridized carbons (Fsp3) is 1.00. The summed E-state index contributed by atoms with van der Waals surface area (Å²) in [4.78, 5) is 0. The van der Waals surface area contributed by atoms with Crippen molar-refractivity contribution in [1.82, 2.24) is 5.32 Å². The lowest BCUT2D eigenvalue weighted by molar-refractivity contribution is 0.117. The minimum Gasteiger partial charge on any atom is -0.381 e. The number of hydrogen-bond acceptors (Lipinski definition) is 2. The predicted molar refractivity (Wildman–Crippen MR) is 49.5 cm³/mol.